The molecule has 0 atom stereocenters. The van der Waals surface area contributed by atoms with E-state index in [0.29, 0.717) is 5.56 Å². The molecular formula is C19H11F2N. The van der Waals surface area contributed by atoms with Gasteiger partial charge in [0.05, 0.1) is 11.6 Å². The second-order valence-corrected chi connectivity index (χ2v) is 4.87. The molecule has 0 saturated carbocycles. The fourth-order valence-corrected chi connectivity index (χ4v) is 2.34. The molecule has 0 unspecified atom stereocenters. The Bertz CT molecular complexity index is 864. The quantitative estimate of drug-likeness (QED) is 0.639. The second kappa shape index (κ2) is 5.79. The van der Waals surface area contributed by atoms with E-state index in [2.05, 4.69) is 0 Å². The van der Waals surface area contributed by atoms with Gasteiger partial charge < -0.3 is 0 Å². The maximum atomic E-state index is 14.1. The van der Waals surface area contributed by atoms with Gasteiger partial charge >= 0.3 is 0 Å². The van der Waals surface area contributed by atoms with Gasteiger partial charge in [0.25, 0.3) is 0 Å². The molecule has 0 fully saturated rings. The molecule has 106 valence electrons. The summed E-state index contributed by atoms with van der Waals surface area (Å²) >= 11 is 0. The number of hydrogen-bond acceptors (Lipinski definition) is 1. The molecule has 0 bridgehead atoms. The molecule has 22 heavy (non-hydrogen) atoms. The molecule has 0 spiro atoms. The number of nitriles is 1. The Balaban J connectivity index is 2.18. The molecule has 0 aliphatic carbocycles. The maximum Gasteiger partial charge on any atom is 0.131 e. The number of hydrogen-bond donors (Lipinski definition) is 0. The summed E-state index contributed by atoms with van der Waals surface area (Å²) in [4.78, 5) is 0. The average molecular weight is 291 g/mol. The van der Waals surface area contributed by atoms with Gasteiger partial charge in [-0.05, 0) is 41.5 Å². The van der Waals surface area contributed by atoms with Crippen molar-refractivity contribution in [2.24, 2.45) is 0 Å². The molecule has 0 aromatic heterocycles. The largest absolute Gasteiger partial charge is 0.206 e. The van der Waals surface area contributed by atoms with Crippen LogP contribution >= 0.6 is 0 Å². The topological polar surface area (TPSA) is 23.8 Å². The molecule has 0 saturated heterocycles. The zero-order valence-corrected chi connectivity index (χ0v) is 11.6. The number of halogens is 2. The van der Waals surface area contributed by atoms with Gasteiger partial charge in [0.15, 0.2) is 0 Å². The first kappa shape index (κ1) is 14.0. The van der Waals surface area contributed by atoms with Crippen molar-refractivity contribution < 1.29 is 8.78 Å². The van der Waals surface area contributed by atoms with E-state index in [1.54, 1.807) is 12.1 Å². The van der Waals surface area contributed by atoms with E-state index in [-0.39, 0.29) is 11.1 Å². The van der Waals surface area contributed by atoms with Gasteiger partial charge in [0, 0.05) is 11.1 Å². The lowest BCUT2D eigenvalue weighted by atomic mass is 9.97. The number of nitrogens with zero attached hydrogens (tertiary/aromatic N) is 1. The molecule has 0 radical (unpaired) electrons. The van der Waals surface area contributed by atoms with Gasteiger partial charge in [-0.25, -0.2) is 8.78 Å². The first-order chi connectivity index (χ1) is 10.7. The monoisotopic (exact) mass is 291 g/mol. The minimum Gasteiger partial charge on any atom is -0.206 e. The molecule has 0 aliphatic heterocycles. The van der Waals surface area contributed by atoms with Gasteiger partial charge in [-0.2, -0.15) is 5.26 Å². The molecule has 0 amide bonds. The standard InChI is InChI=1S/C19H11F2N/c20-18-8-6-13(12-22)10-16(18)17-11-15(7-9-19(17)21)14-4-2-1-3-5-14/h1-11H. The van der Waals surface area contributed by atoms with Crippen molar-refractivity contribution in [3.05, 3.63) is 83.9 Å². The van der Waals surface area contributed by atoms with E-state index in [1.807, 2.05) is 36.4 Å². The third-order valence-corrected chi connectivity index (χ3v) is 3.46. The second-order valence-electron chi connectivity index (χ2n) is 4.87. The van der Waals surface area contributed by atoms with Crippen LogP contribution in [0.25, 0.3) is 22.3 Å². The van der Waals surface area contributed by atoms with E-state index < -0.39 is 11.6 Å². The van der Waals surface area contributed by atoms with Crippen LogP contribution in [0.2, 0.25) is 0 Å². The summed E-state index contributed by atoms with van der Waals surface area (Å²) in [6.07, 6.45) is 0. The SMILES string of the molecule is N#Cc1ccc(F)c(-c2cc(-c3ccccc3)ccc2F)c1. The van der Waals surface area contributed by atoms with Gasteiger partial charge in [0.2, 0.25) is 0 Å². The lowest BCUT2D eigenvalue weighted by molar-refractivity contribution is 0.616. The van der Waals surface area contributed by atoms with E-state index in [1.165, 1.54) is 24.3 Å². The molecule has 0 aliphatic rings. The summed E-state index contributed by atoms with van der Waals surface area (Å²) in [6, 6.07) is 19.9. The van der Waals surface area contributed by atoms with Gasteiger partial charge in [-0.3, -0.25) is 0 Å². The lowest BCUT2D eigenvalue weighted by Gasteiger charge is -2.09. The predicted octanol–water partition coefficient (Wildman–Crippen LogP) is 5.17. The van der Waals surface area contributed by atoms with Crippen LogP contribution in [0.4, 0.5) is 8.78 Å². The molecule has 1 nitrogen and oxygen atoms in total. The van der Waals surface area contributed by atoms with Crippen LogP contribution < -0.4 is 0 Å². The third-order valence-electron chi connectivity index (χ3n) is 3.46. The summed E-state index contributed by atoms with van der Waals surface area (Å²) in [5, 5.41) is 8.94. The molecule has 3 aromatic rings. The Labute approximate surface area is 127 Å². The molecular weight excluding hydrogens is 280 g/mol. The van der Waals surface area contributed by atoms with Gasteiger partial charge in [-0.1, -0.05) is 36.4 Å². The molecule has 3 rings (SSSR count). The summed E-state index contributed by atoms with van der Waals surface area (Å²) < 4.78 is 28.2. The third kappa shape index (κ3) is 2.59. The van der Waals surface area contributed by atoms with E-state index >= 15 is 0 Å². The maximum absolute atomic E-state index is 14.1. The Morgan fingerprint density at radius 3 is 2.00 bits per heavy atom. The Morgan fingerprint density at radius 2 is 1.32 bits per heavy atom. The summed E-state index contributed by atoms with van der Waals surface area (Å²) in [5.74, 6) is -1.07. The zero-order chi connectivity index (χ0) is 15.5. The minimum atomic E-state index is -0.553. The first-order valence-corrected chi connectivity index (χ1v) is 6.74. The summed E-state index contributed by atoms with van der Waals surface area (Å²) in [6.45, 7) is 0. The fraction of sp³-hybridized carbons (Fsp3) is 0. The van der Waals surface area contributed by atoms with Gasteiger partial charge in [-0.15, -0.1) is 0 Å². The Kier molecular flexibility index (Phi) is 3.67. The minimum absolute atomic E-state index is 0.0920. The Morgan fingerprint density at radius 1 is 0.682 bits per heavy atom. The Hall–Kier alpha value is -2.99. The summed E-state index contributed by atoms with van der Waals surface area (Å²) in [5.41, 5.74) is 2.24. The molecule has 0 heterocycles. The highest BCUT2D eigenvalue weighted by Gasteiger charge is 2.12. The van der Waals surface area contributed by atoms with Crippen LogP contribution in [0.3, 0.4) is 0 Å². The van der Waals surface area contributed by atoms with Crippen molar-refractivity contribution in [3.63, 3.8) is 0 Å². The smallest absolute Gasteiger partial charge is 0.131 e. The average Bonchev–Trinajstić information content (AvgIpc) is 2.57. The number of rotatable bonds is 2. The van der Waals surface area contributed by atoms with Crippen LogP contribution in [0.1, 0.15) is 5.56 Å². The van der Waals surface area contributed by atoms with Crippen molar-refractivity contribution in [2.75, 3.05) is 0 Å². The predicted molar refractivity (Wildman–Crippen MR) is 81.9 cm³/mol. The fourth-order valence-electron chi connectivity index (χ4n) is 2.34. The van der Waals surface area contributed by atoms with Crippen molar-refractivity contribution >= 4 is 0 Å². The highest BCUT2D eigenvalue weighted by atomic mass is 19.1. The van der Waals surface area contributed by atoms with Crippen molar-refractivity contribution in [3.8, 4) is 28.3 Å². The van der Waals surface area contributed by atoms with Crippen LogP contribution in [-0.2, 0) is 0 Å². The van der Waals surface area contributed by atoms with E-state index in [0.717, 1.165) is 11.1 Å². The summed E-state index contributed by atoms with van der Waals surface area (Å²) in [7, 11) is 0. The number of benzene rings is 3. The van der Waals surface area contributed by atoms with E-state index in [9.17, 15) is 8.78 Å². The molecule has 3 aromatic carbocycles. The first-order valence-electron chi connectivity index (χ1n) is 6.74. The van der Waals surface area contributed by atoms with Crippen LogP contribution in [0.15, 0.2) is 66.7 Å². The highest BCUT2D eigenvalue weighted by Crippen LogP contribution is 2.31. The van der Waals surface area contributed by atoms with Gasteiger partial charge in [0.1, 0.15) is 11.6 Å². The van der Waals surface area contributed by atoms with E-state index in [4.69, 9.17) is 5.26 Å². The van der Waals surface area contributed by atoms with Crippen LogP contribution in [-0.4, -0.2) is 0 Å². The van der Waals surface area contributed by atoms with Crippen molar-refractivity contribution in [1.82, 2.24) is 0 Å². The van der Waals surface area contributed by atoms with Crippen LogP contribution in [0.5, 0.6) is 0 Å². The normalized spacial score (nSPS) is 10.2. The zero-order valence-electron chi connectivity index (χ0n) is 11.6. The molecule has 0 N–H and O–H groups in total. The van der Waals surface area contributed by atoms with Crippen molar-refractivity contribution in [2.45, 2.75) is 0 Å². The van der Waals surface area contributed by atoms with Crippen molar-refractivity contribution in [1.29, 1.82) is 5.26 Å². The van der Waals surface area contributed by atoms with Crippen LogP contribution in [0, 0.1) is 23.0 Å². The lowest BCUT2D eigenvalue weighted by Crippen LogP contribution is -1.91. The molecule has 3 heteroatoms. The highest BCUT2D eigenvalue weighted by molar-refractivity contribution is 5.74.